The van der Waals surface area contributed by atoms with Gasteiger partial charge in [-0.15, -0.1) is 0 Å². The van der Waals surface area contributed by atoms with Gasteiger partial charge in [0, 0.05) is 13.2 Å². The van der Waals surface area contributed by atoms with E-state index in [1.807, 2.05) is 0 Å². The summed E-state index contributed by atoms with van der Waals surface area (Å²) in [5.74, 6) is 1.07. The highest BCUT2D eigenvalue weighted by molar-refractivity contribution is 5.79. The first-order valence-electron chi connectivity index (χ1n) is 7.41. The van der Waals surface area contributed by atoms with Gasteiger partial charge in [-0.2, -0.15) is 0 Å². The van der Waals surface area contributed by atoms with Crippen molar-refractivity contribution in [2.24, 2.45) is 11.8 Å². The fourth-order valence-electron chi connectivity index (χ4n) is 3.05. The third-order valence-corrected chi connectivity index (χ3v) is 4.26. The molecule has 2 saturated heterocycles. The number of nitrogens with one attached hydrogen (secondary N) is 2. The quantitative estimate of drug-likeness (QED) is 0.777. The van der Waals surface area contributed by atoms with Gasteiger partial charge < -0.3 is 15.4 Å². The Morgan fingerprint density at radius 3 is 2.83 bits per heavy atom. The summed E-state index contributed by atoms with van der Waals surface area (Å²) in [6, 6.07) is 0. The van der Waals surface area contributed by atoms with E-state index in [-0.39, 0.29) is 17.9 Å². The molecule has 104 valence electrons. The zero-order valence-corrected chi connectivity index (χ0v) is 11.4. The smallest absolute Gasteiger partial charge is 0.225 e. The van der Waals surface area contributed by atoms with Gasteiger partial charge in [0.25, 0.3) is 0 Å². The molecule has 0 radical (unpaired) electrons. The van der Waals surface area contributed by atoms with Crippen LogP contribution in [0.15, 0.2) is 0 Å². The van der Waals surface area contributed by atoms with Crippen LogP contribution in [0, 0.1) is 11.8 Å². The van der Waals surface area contributed by atoms with Crippen LogP contribution in [-0.4, -0.2) is 38.3 Å². The standard InChI is InChI=1S/C14H26N2O2/c1-2-13-12(6-10-18-13)14(17)16-9-5-11-3-7-15-8-4-11/h11-13,15H,2-10H2,1H3,(H,16,17). The number of carbonyl (C=O) groups is 1. The van der Waals surface area contributed by atoms with Crippen LogP contribution in [0.1, 0.15) is 39.0 Å². The van der Waals surface area contributed by atoms with E-state index in [1.165, 1.54) is 12.8 Å². The fraction of sp³-hybridized carbons (Fsp3) is 0.929. The molecule has 2 atom stereocenters. The van der Waals surface area contributed by atoms with Gasteiger partial charge in [-0.3, -0.25) is 4.79 Å². The minimum absolute atomic E-state index is 0.0861. The molecule has 0 spiro atoms. The molecular formula is C14H26N2O2. The molecule has 0 aliphatic carbocycles. The maximum absolute atomic E-state index is 12.1. The lowest BCUT2D eigenvalue weighted by atomic mass is 9.94. The molecule has 2 aliphatic heterocycles. The van der Waals surface area contributed by atoms with Gasteiger partial charge >= 0.3 is 0 Å². The molecule has 0 saturated carbocycles. The van der Waals surface area contributed by atoms with Crippen LogP contribution in [0.5, 0.6) is 0 Å². The molecule has 2 fully saturated rings. The summed E-state index contributed by atoms with van der Waals surface area (Å²) < 4.78 is 5.56. The summed E-state index contributed by atoms with van der Waals surface area (Å²) in [6.07, 6.45) is 5.59. The molecule has 2 rings (SSSR count). The van der Waals surface area contributed by atoms with Crippen LogP contribution in [0.4, 0.5) is 0 Å². The summed E-state index contributed by atoms with van der Waals surface area (Å²) in [5, 5.41) is 6.47. The molecule has 0 aromatic rings. The average Bonchev–Trinajstić information content (AvgIpc) is 2.88. The van der Waals surface area contributed by atoms with Crippen molar-refractivity contribution in [1.29, 1.82) is 0 Å². The van der Waals surface area contributed by atoms with Crippen molar-refractivity contribution in [2.75, 3.05) is 26.2 Å². The number of rotatable bonds is 5. The van der Waals surface area contributed by atoms with Crippen molar-refractivity contribution in [3.63, 3.8) is 0 Å². The molecule has 2 N–H and O–H groups in total. The fourth-order valence-corrected chi connectivity index (χ4v) is 3.05. The lowest BCUT2D eigenvalue weighted by molar-refractivity contribution is -0.126. The molecule has 2 aliphatic rings. The first-order chi connectivity index (χ1) is 8.81. The zero-order chi connectivity index (χ0) is 12.8. The van der Waals surface area contributed by atoms with Crippen molar-refractivity contribution in [3.8, 4) is 0 Å². The Bertz CT molecular complexity index is 265. The van der Waals surface area contributed by atoms with E-state index < -0.39 is 0 Å². The van der Waals surface area contributed by atoms with Crippen LogP contribution in [-0.2, 0) is 9.53 Å². The molecule has 18 heavy (non-hydrogen) atoms. The monoisotopic (exact) mass is 254 g/mol. The van der Waals surface area contributed by atoms with Crippen LogP contribution in [0.3, 0.4) is 0 Å². The van der Waals surface area contributed by atoms with Crippen LogP contribution < -0.4 is 10.6 Å². The lowest BCUT2D eigenvalue weighted by Crippen LogP contribution is -2.37. The number of ether oxygens (including phenoxy) is 1. The Labute approximate surface area is 110 Å². The Kier molecular flexibility index (Phi) is 5.45. The van der Waals surface area contributed by atoms with E-state index >= 15 is 0 Å². The van der Waals surface area contributed by atoms with Gasteiger partial charge in [0.2, 0.25) is 5.91 Å². The highest BCUT2D eigenvalue weighted by atomic mass is 16.5. The van der Waals surface area contributed by atoms with Crippen molar-refractivity contribution in [1.82, 2.24) is 10.6 Å². The summed E-state index contributed by atoms with van der Waals surface area (Å²) in [7, 11) is 0. The first-order valence-corrected chi connectivity index (χ1v) is 7.41. The number of amides is 1. The number of piperidine rings is 1. The average molecular weight is 254 g/mol. The Morgan fingerprint density at radius 1 is 1.33 bits per heavy atom. The number of carbonyl (C=O) groups excluding carboxylic acids is 1. The molecule has 0 bridgehead atoms. The van der Waals surface area contributed by atoms with Crippen LogP contribution in [0.2, 0.25) is 0 Å². The van der Waals surface area contributed by atoms with Gasteiger partial charge in [-0.25, -0.2) is 0 Å². The maximum Gasteiger partial charge on any atom is 0.225 e. The lowest BCUT2D eigenvalue weighted by Gasteiger charge is -2.23. The van der Waals surface area contributed by atoms with Gasteiger partial charge in [-0.1, -0.05) is 6.92 Å². The molecule has 2 unspecified atom stereocenters. The Balaban J connectivity index is 1.64. The zero-order valence-electron chi connectivity index (χ0n) is 11.4. The minimum atomic E-state index is 0.0861. The van der Waals surface area contributed by atoms with Crippen molar-refractivity contribution in [3.05, 3.63) is 0 Å². The van der Waals surface area contributed by atoms with Gasteiger partial charge in [0.1, 0.15) is 0 Å². The molecule has 1 amide bonds. The van der Waals surface area contributed by atoms with Gasteiger partial charge in [0.05, 0.1) is 12.0 Å². The van der Waals surface area contributed by atoms with Gasteiger partial charge in [-0.05, 0) is 51.1 Å². The Hall–Kier alpha value is -0.610. The topological polar surface area (TPSA) is 50.4 Å². The Morgan fingerprint density at radius 2 is 2.11 bits per heavy atom. The predicted octanol–water partition coefficient (Wildman–Crippen LogP) is 1.31. The first kappa shape index (κ1) is 13.8. The van der Waals surface area contributed by atoms with E-state index in [0.717, 1.165) is 51.4 Å². The second-order valence-electron chi connectivity index (χ2n) is 5.49. The largest absolute Gasteiger partial charge is 0.377 e. The summed E-state index contributed by atoms with van der Waals surface area (Å²) in [5.41, 5.74) is 0. The minimum Gasteiger partial charge on any atom is -0.377 e. The molecule has 4 heteroatoms. The molecular weight excluding hydrogens is 228 g/mol. The molecule has 0 aromatic carbocycles. The van der Waals surface area contributed by atoms with E-state index in [4.69, 9.17) is 4.74 Å². The highest BCUT2D eigenvalue weighted by Crippen LogP contribution is 2.23. The second-order valence-corrected chi connectivity index (χ2v) is 5.49. The van der Waals surface area contributed by atoms with E-state index in [9.17, 15) is 4.79 Å². The van der Waals surface area contributed by atoms with E-state index in [1.54, 1.807) is 0 Å². The van der Waals surface area contributed by atoms with Crippen LogP contribution >= 0.6 is 0 Å². The molecule has 4 nitrogen and oxygen atoms in total. The third-order valence-electron chi connectivity index (χ3n) is 4.26. The van der Waals surface area contributed by atoms with Crippen LogP contribution in [0.25, 0.3) is 0 Å². The summed E-state index contributed by atoms with van der Waals surface area (Å²) in [4.78, 5) is 12.1. The predicted molar refractivity (Wildman–Crippen MR) is 71.4 cm³/mol. The van der Waals surface area contributed by atoms with Crippen molar-refractivity contribution in [2.45, 2.75) is 45.1 Å². The van der Waals surface area contributed by atoms with Crippen molar-refractivity contribution < 1.29 is 9.53 Å². The van der Waals surface area contributed by atoms with Gasteiger partial charge in [0.15, 0.2) is 0 Å². The SMILES string of the molecule is CCC1OCCC1C(=O)NCCC1CCNCC1. The molecule has 0 aromatic heterocycles. The normalized spacial score (nSPS) is 29.4. The number of hydrogen-bond acceptors (Lipinski definition) is 3. The third kappa shape index (κ3) is 3.69. The second kappa shape index (κ2) is 7.10. The van der Waals surface area contributed by atoms with Crippen molar-refractivity contribution >= 4 is 5.91 Å². The maximum atomic E-state index is 12.1. The summed E-state index contributed by atoms with van der Waals surface area (Å²) >= 11 is 0. The number of hydrogen-bond donors (Lipinski definition) is 2. The summed E-state index contributed by atoms with van der Waals surface area (Å²) in [6.45, 7) is 5.92. The molecule has 2 heterocycles. The highest BCUT2D eigenvalue weighted by Gasteiger charge is 2.32. The van der Waals surface area contributed by atoms with E-state index in [0.29, 0.717) is 0 Å². The van der Waals surface area contributed by atoms with E-state index in [2.05, 4.69) is 17.6 Å².